The van der Waals surface area contributed by atoms with Crippen molar-refractivity contribution in [1.29, 1.82) is 10.7 Å². The van der Waals surface area contributed by atoms with E-state index in [0.29, 0.717) is 5.84 Å². The number of likely N-dealkylation sites (tertiary alicyclic amines) is 1. The first-order valence-electron chi connectivity index (χ1n) is 7.56. The lowest BCUT2D eigenvalue weighted by molar-refractivity contribution is 0.289. The van der Waals surface area contributed by atoms with E-state index >= 15 is 0 Å². The van der Waals surface area contributed by atoms with Crippen molar-refractivity contribution in [3.63, 3.8) is 0 Å². The molecule has 2 aliphatic rings. The average Bonchev–Trinajstić information content (AvgIpc) is 3.16. The van der Waals surface area contributed by atoms with Crippen LogP contribution in [0.5, 0.6) is 0 Å². The van der Waals surface area contributed by atoms with Gasteiger partial charge in [-0.15, -0.1) is 0 Å². The summed E-state index contributed by atoms with van der Waals surface area (Å²) < 4.78 is 5.85. The smallest absolute Gasteiger partial charge is 0.245 e. The van der Waals surface area contributed by atoms with Gasteiger partial charge in [0, 0.05) is 13.1 Å². The molecule has 1 N–H and O–H groups in total. The lowest BCUT2D eigenvalue weighted by atomic mass is 9.86. The number of hydrogen-bond donors (Lipinski definition) is 1. The summed E-state index contributed by atoms with van der Waals surface area (Å²) in [5.74, 6) is 0.327. The maximum absolute atomic E-state index is 9.67. The standard InChI is InChI=1S/C17H21N3O/c1-13-6-8-14(9-7-13)16(2)17(12-18,21-16)15(19)20-10-4-3-5-11-20/h6-9,19H,3-5,10-11H2,1-2H3/t16-,17-/m0/s1. The fourth-order valence-corrected chi connectivity index (χ4v) is 3.21. The highest BCUT2D eigenvalue weighted by atomic mass is 16.6. The number of ether oxygens (including phenoxy) is 1. The monoisotopic (exact) mass is 283 g/mol. The van der Waals surface area contributed by atoms with E-state index in [2.05, 4.69) is 6.07 Å². The third-order valence-electron chi connectivity index (χ3n) is 4.75. The zero-order valence-corrected chi connectivity index (χ0v) is 12.6. The molecule has 0 unspecified atom stereocenters. The van der Waals surface area contributed by atoms with Crippen molar-refractivity contribution in [2.24, 2.45) is 0 Å². The number of aryl methyl sites for hydroxylation is 1. The molecule has 0 aromatic heterocycles. The molecule has 0 radical (unpaired) electrons. The summed E-state index contributed by atoms with van der Waals surface area (Å²) in [6.07, 6.45) is 3.38. The first kappa shape index (κ1) is 14.1. The van der Waals surface area contributed by atoms with E-state index in [1.54, 1.807) is 0 Å². The molecular weight excluding hydrogens is 262 g/mol. The van der Waals surface area contributed by atoms with Gasteiger partial charge in [0.15, 0.2) is 0 Å². The zero-order chi connectivity index (χ0) is 15.1. The van der Waals surface area contributed by atoms with Crippen LogP contribution in [-0.4, -0.2) is 29.4 Å². The Bertz CT molecular complexity index is 597. The van der Waals surface area contributed by atoms with E-state index in [-0.39, 0.29) is 0 Å². The summed E-state index contributed by atoms with van der Waals surface area (Å²) in [5.41, 5.74) is 0.317. The maximum atomic E-state index is 9.67. The summed E-state index contributed by atoms with van der Waals surface area (Å²) in [4.78, 5) is 2.01. The minimum atomic E-state index is -1.13. The summed E-state index contributed by atoms with van der Waals surface area (Å²) in [6.45, 7) is 5.66. The van der Waals surface area contributed by atoms with Gasteiger partial charge in [-0.25, -0.2) is 0 Å². The van der Waals surface area contributed by atoms with E-state index in [4.69, 9.17) is 10.1 Å². The lowest BCUT2D eigenvalue weighted by Gasteiger charge is -2.30. The molecule has 3 rings (SSSR count). The molecule has 1 aromatic carbocycles. The molecule has 4 heteroatoms. The van der Waals surface area contributed by atoms with Crippen LogP contribution < -0.4 is 0 Å². The number of nitrogens with zero attached hydrogens (tertiary/aromatic N) is 2. The first-order chi connectivity index (χ1) is 10.0. The van der Waals surface area contributed by atoms with Gasteiger partial charge < -0.3 is 9.64 Å². The highest BCUT2D eigenvalue weighted by Gasteiger charge is 2.73. The second-order valence-electron chi connectivity index (χ2n) is 6.19. The molecule has 2 heterocycles. The van der Waals surface area contributed by atoms with Gasteiger partial charge in [-0.1, -0.05) is 29.8 Å². The molecule has 1 aromatic rings. The number of epoxide rings is 1. The van der Waals surface area contributed by atoms with Crippen LogP contribution >= 0.6 is 0 Å². The van der Waals surface area contributed by atoms with Gasteiger partial charge in [0.2, 0.25) is 5.60 Å². The van der Waals surface area contributed by atoms with Crippen molar-refractivity contribution in [2.45, 2.75) is 44.3 Å². The van der Waals surface area contributed by atoms with Gasteiger partial charge in [-0.05, 0) is 38.7 Å². The van der Waals surface area contributed by atoms with Crippen LogP contribution in [-0.2, 0) is 10.3 Å². The van der Waals surface area contributed by atoms with Crippen LogP contribution in [0.2, 0.25) is 0 Å². The fourth-order valence-electron chi connectivity index (χ4n) is 3.21. The Labute approximate surface area is 125 Å². The second kappa shape index (κ2) is 4.85. The molecule has 21 heavy (non-hydrogen) atoms. The number of nitrogens with one attached hydrogen (secondary N) is 1. The molecule has 0 aliphatic carbocycles. The molecule has 0 amide bonds. The van der Waals surface area contributed by atoms with Crippen molar-refractivity contribution in [3.8, 4) is 6.07 Å². The van der Waals surface area contributed by atoms with Crippen LogP contribution in [0.1, 0.15) is 37.3 Å². The Morgan fingerprint density at radius 1 is 1.24 bits per heavy atom. The maximum Gasteiger partial charge on any atom is 0.245 e. The van der Waals surface area contributed by atoms with Gasteiger partial charge in [-0.3, -0.25) is 5.41 Å². The predicted octanol–water partition coefficient (Wildman–Crippen LogP) is 2.97. The Hall–Kier alpha value is -1.86. The van der Waals surface area contributed by atoms with Crippen LogP contribution in [0.15, 0.2) is 24.3 Å². The Morgan fingerprint density at radius 3 is 2.43 bits per heavy atom. The molecule has 2 fully saturated rings. The zero-order valence-electron chi connectivity index (χ0n) is 12.6. The first-order valence-corrected chi connectivity index (χ1v) is 7.56. The molecule has 2 atom stereocenters. The number of benzene rings is 1. The van der Waals surface area contributed by atoms with Crippen LogP contribution in [0.25, 0.3) is 0 Å². The topological polar surface area (TPSA) is 63.4 Å². The summed E-state index contributed by atoms with van der Waals surface area (Å²) in [6, 6.07) is 10.3. The molecular formula is C17H21N3O. The van der Waals surface area contributed by atoms with Crippen molar-refractivity contribution in [3.05, 3.63) is 35.4 Å². The number of amidine groups is 1. The second-order valence-corrected chi connectivity index (χ2v) is 6.19. The van der Waals surface area contributed by atoms with Crippen LogP contribution in [0.4, 0.5) is 0 Å². The summed E-state index contributed by atoms with van der Waals surface area (Å²) >= 11 is 0. The van der Waals surface area contributed by atoms with Gasteiger partial charge in [0.25, 0.3) is 0 Å². The largest absolute Gasteiger partial charge is 0.357 e. The van der Waals surface area contributed by atoms with E-state index in [1.807, 2.05) is 43.0 Å². The number of rotatable bonds is 2. The van der Waals surface area contributed by atoms with Gasteiger partial charge in [0.05, 0.1) is 0 Å². The summed E-state index contributed by atoms with van der Waals surface area (Å²) in [5, 5.41) is 18.1. The summed E-state index contributed by atoms with van der Waals surface area (Å²) in [7, 11) is 0. The van der Waals surface area contributed by atoms with Crippen molar-refractivity contribution in [1.82, 2.24) is 4.90 Å². The highest BCUT2D eigenvalue weighted by molar-refractivity contribution is 5.95. The quantitative estimate of drug-likeness (QED) is 0.515. The fraction of sp³-hybridized carbons (Fsp3) is 0.529. The SMILES string of the molecule is Cc1ccc([C@]2(C)O[C@@]2(C#N)C(=N)N2CCCCC2)cc1. The normalized spacial score (nSPS) is 31.6. The third-order valence-corrected chi connectivity index (χ3v) is 4.75. The Balaban J connectivity index is 1.88. The van der Waals surface area contributed by atoms with Gasteiger partial charge >= 0.3 is 0 Å². The third kappa shape index (κ3) is 2.04. The van der Waals surface area contributed by atoms with E-state index in [1.165, 1.54) is 12.0 Å². The number of piperidine rings is 1. The highest BCUT2D eigenvalue weighted by Crippen LogP contribution is 2.56. The molecule has 0 bridgehead atoms. The predicted molar refractivity (Wildman–Crippen MR) is 81.1 cm³/mol. The Kier molecular flexibility index (Phi) is 3.26. The average molecular weight is 283 g/mol. The molecule has 110 valence electrons. The van der Waals surface area contributed by atoms with Crippen LogP contribution in [0.3, 0.4) is 0 Å². The lowest BCUT2D eigenvalue weighted by Crippen LogP contribution is -2.45. The van der Waals surface area contributed by atoms with Crippen molar-refractivity contribution in [2.75, 3.05) is 13.1 Å². The molecule has 2 saturated heterocycles. The van der Waals surface area contributed by atoms with Gasteiger partial charge in [0.1, 0.15) is 17.5 Å². The minimum absolute atomic E-state index is 0.327. The molecule has 0 spiro atoms. The molecule has 0 saturated carbocycles. The van der Waals surface area contributed by atoms with Crippen molar-refractivity contribution < 1.29 is 4.74 Å². The van der Waals surface area contributed by atoms with Crippen molar-refractivity contribution >= 4 is 5.84 Å². The number of hydrogen-bond acceptors (Lipinski definition) is 3. The van der Waals surface area contributed by atoms with E-state index in [0.717, 1.165) is 31.5 Å². The molecule has 2 aliphatic heterocycles. The van der Waals surface area contributed by atoms with E-state index < -0.39 is 11.2 Å². The molecule has 4 nitrogen and oxygen atoms in total. The van der Waals surface area contributed by atoms with Crippen LogP contribution in [0, 0.1) is 23.7 Å². The number of nitriles is 1. The van der Waals surface area contributed by atoms with E-state index in [9.17, 15) is 5.26 Å². The Morgan fingerprint density at radius 2 is 1.86 bits per heavy atom. The van der Waals surface area contributed by atoms with Gasteiger partial charge in [-0.2, -0.15) is 5.26 Å². The minimum Gasteiger partial charge on any atom is -0.357 e.